The van der Waals surface area contributed by atoms with Crippen LogP contribution in [0.5, 0.6) is 23.0 Å². The second-order valence-electron chi connectivity index (χ2n) is 9.61. The van der Waals surface area contributed by atoms with Crippen molar-refractivity contribution in [2.45, 2.75) is 56.8 Å². The SMILES string of the molecule is COc1cccc2c1C(=O)c1c(O)c(O[C@H]3CC(N)[C@@H](O)[C@H](C)O3)c(C[C@@](C)(O)C(=O)CO)c(O)c1C2=O. The van der Waals surface area contributed by atoms with Crippen LogP contribution in [0.25, 0.3) is 0 Å². The van der Waals surface area contributed by atoms with Gasteiger partial charge in [-0.3, -0.25) is 14.4 Å². The molecule has 4 rings (SSSR count). The molecule has 1 aliphatic carbocycles. The van der Waals surface area contributed by atoms with Gasteiger partial charge in [0.25, 0.3) is 0 Å². The number of nitrogens with two attached hydrogens (primary N) is 1. The first kappa shape index (κ1) is 27.5. The summed E-state index contributed by atoms with van der Waals surface area (Å²) in [5, 5.41) is 52.7. The molecule has 1 aliphatic heterocycles. The number of phenolic OH excluding ortho intramolecular Hbond substituents is 2. The molecule has 2 aliphatic rings. The van der Waals surface area contributed by atoms with Crippen molar-refractivity contribution in [3.8, 4) is 23.0 Å². The fourth-order valence-corrected chi connectivity index (χ4v) is 4.77. The Hall–Kier alpha value is -3.55. The molecule has 1 heterocycles. The summed E-state index contributed by atoms with van der Waals surface area (Å²) in [6.07, 6.45) is -3.74. The molecule has 0 saturated carbocycles. The quantitative estimate of drug-likeness (QED) is 0.222. The summed E-state index contributed by atoms with van der Waals surface area (Å²) in [5.41, 5.74) is 2.00. The van der Waals surface area contributed by atoms with Crippen molar-refractivity contribution in [1.29, 1.82) is 0 Å². The van der Waals surface area contributed by atoms with Crippen molar-refractivity contribution in [3.63, 3.8) is 0 Å². The first-order chi connectivity index (χ1) is 17.8. The molecule has 204 valence electrons. The molecule has 1 unspecified atom stereocenters. The molecular formula is C26H29NO11. The van der Waals surface area contributed by atoms with Gasteiger partial charge in [0.15, 0.2) is 23.1 Å². The van der Waals surface area contributed by atoms with Gasteiger partial charge in [0.05, 0.1) is 36.0 Å². The number of carbonyl (C=O) groups is 3. The molecule has 7 N–H and O–H groups in total. The largest absolute Gasteiger partial charge is 0.507 e. The van der Waals surface area contributed by atoms with E-state index in [1.165, 1.54) is 25.3 Å². The van der Waals surface area contributed by atoms with Crippen LogP contribution < -0.4 is 15.2 Å². The number of ether oxygens (including phenoxy) is 3. The van der Waals surface area contributed by atoms with E-state index in [0.29, 0.717) is 0 Å². The topological polar surface area (TPSA) is 206 Å². The van der Waals surface area contributed by atoms with Gasteiger partial charge >= 0.3 is 0 Å². The molecule has 12 nitrogen and oxygen atoms in total. The van der Waals surface area contributed by atoms with Crippen molar-refractivity contribution in [1.82, 2.24) is 0 Å². The van der Waals surface area contributed by atoms with E-state index >= 15 is 0 Å². The third kappa shape index (κ3) is 4.40. The molecular weight excluding hydrogens is 502 g/mol. The number of aromatic hydroxyl groups is 2. The lowest BCUT2D eigenvalue weighted by Crippen LogP contribution is -2.52. The van der Waals surface area contributed by atoms with Gasteiger partial charge in [-0.2, -0.15) is 0 Å². The number of fused-ring (bicyclic) bond motifs is 2. The minimum Gasteiger partial charge on any atom is -0.507 e. The van der Waals surface area contributed by atoms with E-state index in [1.54, 1.807) is 6.92 Å². The van der Waals surface area contributed by atoms with Gasteiger partial charge in [-0.1, -0.05) is 12.1 Å². The second-order valence-corrected chi connectivity index (χ2v) is 9.61. The van der Waals surface area contributed by atoms with Gasteiger partial charge < -0.3 is 45.5 Å². The number of rotatable bonds is 7. The number of benzene rings is 2. The van der Waals surface area contributed by atoms with Gasteiger partial charge in [0.1, 0.15) is 23.7 Å². The Morgan fingerprint density at radius 1 is 1.16 bits per heavy atom. The van der Waals surface area contributed by atoms with Crippen molar-refractivity contribution >= 4 is 17.3 Å². The lowest BCUT2D eigenvalue weighted by Gasteiger charge is -2.37. The highest BCUT2D eigenvalue weighted by atomic mass is 16.7. The lowest BCUT2D eigenvalue weighted by molar-refractivity contribution is -0.187. The molecule has 0 radical (unpaired) electrons. The molecule has 0 bridgehead atoms. The van der Waals surface area contributed by atoms with Crippen LogP contribution in [0.4, 0.5) is 0 Å². The highest BCUT2D eigenvalue weighted by molar-refractivity contribution is 6.31. The fraction of sp³-hybridized carbons (Fsp3) is 0.423. The van der Waals surface area contributed by atoms with E-state index in [0.717, 1.165) is 6.92 Å². The highest BCUT2D eigenvalue weighted by Crippen LogP contribution is 2.49. The van der Waals surface area contributed by atoms with E-state index in [1.807, 2.05) is 0 Å². The number of methoxy groups -OCH3 is 1. The number of carbonyl (C=O) groups excluding carboxylic acids is 3. The normalized spacial score (nSPS) is 24.3. The van der Waals surface area contributed by atoms with Crippen LogP contribution in [-0.4, -0.2) is 86.7 Å². The highest BCUT2D eigenvalue weighted by Gasteiger charge is 2.43. The summed E-state index contributed by atoms with van der Waals surface area (Å²) in [4.78, 5) is 39.2. The molecule has 12 heteroatoms. The zero-order valence-electron chi connectivity index (χ0n) is 20.9. The van der Waals surface area contributed by atoms with Crippen LogP contribution in [-0.2, 0) is 16.0 Å². The van der Waals surface area contributed by atoms with Crippen LogP contribution in [0.1, 0.15) is 57.7 Å². The molecule has 1 fully saturated rings. The van der Waals surface area contributed by atoms with Crippen molar-refractivity contribution < 1.29 is 54.1 Å². The Morgan fingerprint density at radius 3 is 2.42 bits per heavy atom. The fourth-order valence-electron chi connectivity index (χ4n) is 4.77. The number of hydrogen-bond donors (Lipinski definition) is 6. The lowest BCUT2D eigenvalue weighted by atomic mass is 9.79. The Kier molecular flexibility index (Phi) is 7.21. The Balaban J connectivity index is 1.93. The van der Waals surface area contributed by atoms with Crippen LogP contribution in [0.2, 0.25) is 0 Å². The summed E-state index contributed by atoms with van der Waals surface area (Å²) in [7, 11) is 1.30. The van der Waals surface area contributed by atoms with Crippen LogP contribution in [0.15, 0.2) is 18.2 Å². The third-order valence-corrected chi connectivity index (χ3v) is 6.94. The third-order valence-electron chi connectivity index (χ3n) is 6.94. The zero-order chi connectivity index (χ0) is 28.1. The first-order valence-corrected chi connectivity index (χ1v) is 11.8. The van der Waals surface area contributed by atoms with Gasteiger partial charge in [-0.25, -0.2) is 0 Å². The minimum atomic E-state index is -2.26. The van der Waals surface area contributed by atoms with Crippen molar-refractivity contribution in [2.24, 2.45) is 5.73 Å². The predicted molar refractivity (Wildman–Crippen MR) is 130 cm³/mol. The smallest absolute Gasteiger partial charge is 0.202 e. The van der Waals surface area contributed by atoms with Crippen LogP contribution >= 0.6 is 0 Å². The Labute approximate surface area is 217 Å². The first-order valence-electron chi connectivity index (χ1n) is 11.8. The van der Waals surface area contributed by atoms with Gasteiger partial charge in [-0.15, -0.1) is 0 Å². The number of aliphatic hydroxyl groups is 3. The van der Waals surface area contributed by atoms with E-state index in [2.05, 4.69) is 0 Å². The number of aliphatic hydroxyl groups excluding tert-OH is 2. The summed E-state index contributed by atoms with van der Waals surface area (Å²) < 4.78 is 16.7. The monoisotopic (exact) mass is 531 g/mol. The maximum atomic E-state index is 13.6. The maximum Gasteiger partial charge on any atom is 0.202 e. The van der Waals surface area contributed by atoms with Crippen LogP contribution in [0.3, 0.4) is 0 Å². The summed E-state index contributed by atoms with van der Waals surface area (Å²) in [6, 6.07) is 3.52. The Morgan fingerprint density at radius 2 is 1.82 bits per heavy atom. The molecule has 2 aromatic rings. The molecule has 1 saturated heterocycles. The standard InChI is InChI=1S/C26H29NO11/c1-10-20(30)13(27)7-16(37-10)38-25-12(8-26(2,35)15(29)9-28)22(32)18-19(24(25)34)23(33)17-11(21(18)31)5-4-6-14(17)36-3/h4-6,10,13,16,20,28,30,32,34-35H,7-9,27H2,1-3H3/t10-,13?,16-,20-,26+/m0/s1. The Bertz CT molecular complexity index is 1310. The van der Waals surface area contributed by atoms with E-state index in [9.17, 15) is 39.9 Å². The summed E-state index contributed by atoms with van der Waals surface area (Å²) in [6.45, 7) is 1.59. The second kappa shape index (κ2) is 9.97. The average Bonchev–Trinajstić information content (AvgIpc) is 2.88. The van der Waals surface area contributed by atoms with E-state index in [-0.39, 0.29) is 28.9 Å². The molecule has 38 heavy (non-hydrogen) atoms. The van der Waals surface area contributed by atoms with Gasteiger partial charge in [0, 0.05) is 30.0 Å². The van der Waals surface area contributed by atoms with Gasteiger partial charge in [0.2, 0.25) is 12.1 Å². The number of Topliss-reactive ketones (excluding diaryl/α,β-unsaturated/α-hetero) is 1. The van der Waals surface area contributed by atoms with E-state index in [4.69, 9.17) is 19.9 Å². The van der Waals surface area contributed by atoms with Crippen molar-refractivity contribution in [2.75, 3.05) is 13.7 Å². The maximum absolute atomic E-state index is 13.6. The molecule has 2 aromatic carbocycles. The average molecular weight is 532 g/mol. The van der Waals surface area contributed by atoms with E-state index < -0.39 is 88.9 Å². The summed E-state index contributed by atoms with van der Waals surface area (Å²) in [5.74, 6) is -4.77. The zero-order valence-corrected chi connectivity index (χ0v) is 20.9. The predicted octanol–water partition coefficient (Wildman–Crippen LogP) is -0.0614. The number of ketones is 3. The molecule has 0 aromatic heterocycles. The number of hydrogen-bond acceptors (Lipinski definition) is 12. The molecule has 0 spiro atoms. The van der Waals surface area contributed by atoms with Crippen molar-refractivity contribution in [3.05, 3.63) is 46.0 Å². The summed E-state index contributed by atoms with van der Waals surface area (Å²) >= 11 is 0. The van der Waals surface area contributed by atoms with Gasteiger partial charge in [-0.05, 0) is 19.9 Å². The molecule has 0 amide bonds. The minimum absolute atomic E-state index is 0.0578. The number of phenols is 2. The molecule has 5 atom stereocenters. The van der Waals surface area contributed by atoms with Crippen LogP contribution in [0, 0.1) is 0 Å².